The van der Waals surface area contributed by atoms with E-state index in [1.165, 1.54) is 15.3 Å². The van der Waals surface area contributed by atoms with Crippen LogP contribution in [0.2, 0.25) is 0 Å². The zero-order valence-electron chi connectivity index (χ0n) is 16.8. The first-order valence-electron chi connectivity index (χ1n) is 9.44. The smallest absolute Gasteiger partial charge is 0.410 e. The Morgan fingerprint density at radius 1 is 1.40 bits per heavy atom. The molecule has 1 aromatic heterocycles. The van der Waals surface area contributed by atoms with Crippen molar-refractivity contribution in [2.24, 2.45) is 0 Å². The summed E-state index contributed by atoms with van der Waals surface area (Å²) in [6, 6.07) is 2.42. The Morgan fingerprint density at radius 3 is 2.68 bits per heavy atom. The van der Waals surface area contributed by atoms with Gasteiger partial charge in [0, 0.05) is 28.8 Å². The Bertz CT molecular complexity index is 605. The van der Waals surface area contributed by atoms with Gasteiger partial charge < -0.3 is 14.4 Å². The van der Waals surface area contributed by atoms with Crippen LogP contribution in [0.3, 0.4) is 0 Å². The van der Waals surface area contributed by atoms with Crippen molar-refractivity contribution in [3.05, 3.63) is 21.4 Å². The largest absolute Gasteiger partial charge is 0.444 e. The number of carbonyl (C=O) groups excluding carboxylic acids is 1. The van der Waals surface area contributed by atoms with Gasteiger partial charge in [0.1, 0.15) is 11.2 Å². The molecule has 5 heteroatoms. The maximum absolute atomic E-state index is 12.4. The van der Waals surface area contributed by atoms with Crippen LogP contribution in [-0.4, -0.2) is 35.8 Å². The van der Waals surface area contributed by atoms with Crippen molar-refractivity contribution in [3.8, 4) is 0 Å². The van der Waals surface area contributed by atoms with Crippen LogP contribution < -0.4 is 0 Å². The third-order valence-electron chi connectivity index (χ3n) is 4.64. The molecule has 1 spiro atoms. The minimum absolute atomic E-state index is 0.118. The van der Waals surface area contributed by atoms with Crippen molar-refractivity contribution in [3.63, 3.8) is 0 Å². The standard InChI is InChI=1S/C18H27NO3S.C2H6/c1-12-11-18(7-8-19(12)16(20)22-17(3,4)5)15-14(6-9-21-18)10-13(2)23-15;1-2/h10,12H,6-9,11H2,1-5H3;1-2H3/t12-,18?;/m0./s1. The molecule has 1 amide bonds. The van der Waals surface area contributed by atoms with Crippen LogP contribution in [0.5, 0.6) is 0 Å². The Hall–Kier alpha value is -1.07. The number of amides is 1. The Labute approximate surface area is 156 Å². The Kier molecular flexibility index (Phi) is 6.21. The number of piperidine rings is 1. The molecule has 142 valence electrons. The number of hydrogen-bond acceptors (Lipinski definition) is 4. The van der Waals surface area contributed by atoms with Crippen LogP contribution in [0.25, 0.3) is 0 Å². The number of likely N-dealkylation sites (tertiary alicyclic amines) is 1. The van der Waals surface area contributed by atoms with E-state index in [1.54, 1.807) is 0 Å². The summed E-state index contributed by atoms with van der Waals surface area (Å²) >= 11 is 1.86. The molecule has 1 aromatic rings. The summed E-state index contributed by atoms with van der Waals surface area (Å²) in [4.78, 5) is 17.0. The molecule has 3 rings (SSSR count). The molecule has 0 saturated carbocycles. The van der Waals surface area contributed by atoms with Crippen LogP contribution in [0.4, 0.5) is 4.79 Å². The fourth-order valence-electron chi connectivity index (χ4n) is 3.70. The van der Waals surface area contributed by atoms with Crippen molar-refractivity contribution >= 4 is 17.4 Å². The zero-order valence-corrected chi connectivity index (χ0v) is 17.6. The van der Waals surface area contributed by atoms with Gasteiger partial charge in [-0.3, -0.25) is 0 Å². The number of carbonyl (C=O) groups is 1. The SMILES string of the molecule is CC.Cc1cc2c(s1)C1(CCN(C(=O)OC(C)(C)C)[C@@H](C)C1)OCC2. The fraction of sp³-hybridized carbons (Fsp3) is 0.750. The molecule has 1 saturated heterocycles. The summed E-state index contributed by atoms with van der Waals surface area (Å²) in [6.45, 7) is 15.5. The highest BCUT2D eigenvalue weighted by molar-refractivity contribution is 7.12. The van der Waals surface area contributed by atoms with Gasteiger partial charge in [-0.1, -0.05) is 13.8 Å². The lowest BCUT2D eigenvalue weighted by Crippen LogP contribution is -2.53. The second-order valence-corrected chi connectivity index (χ2v) is 9.04. The topological polar surface area (TPSA) is 38.8 Å². The maximum Gasteiger partial charge on any atom is 0.410 e. The lowest BCUT2D eigenvalue weighted by Gasteiger charge is -2.46. The number of thiophene rings is 1. The van der Waals surface area contributed by atoms with E-state index in [9.17, 15) is 4.79 Å². The first kappa shape index (κ1) is 20.2. The van der Waals surface area contributed by atoms with Gasteiger partial charge in [-0.25, -0.2) is 4.79 Å². The lowest BCUT2D eigenvalue weighted by atomic mass is 9.82. The van der Waals surface area contributed by atoms with Gasteiger partial charge in [-0.2, -0.15) is 0 Å². The summed E-state index contributed by atoms with van der Waals surface area (Å²) < 4.78 is 11.8. The van der Waals surface area contributed by atoms with E-state index < -0.39 is 5.60 Å². The average molecular weight is 368 g/mol. The van der Waals surface area contributed by atoms with E-state index in [-0.39, 0.29) is 17.7 Å². The summed E-state index contributed by atoms with van der Waals surface area (Å²) in [6.07, 6.45) is 2.49. The molecule has 1 unspecified atom stereocenters. The highest BCUT2D eigenvalue weighted by Gasteiger charge is 2.46. The van der Waals surface area contributed by atoms with E-state index >= 15 is 0 Å². The zero-order chi connectivity index (χ0) is 18.8. The normalized spacial score (nSPS) is 25.9. The molecule has 0 radical (unpaired) electrons. The first-order chi connectivity index (χ1) is 11.7. The van der Waals surface area contributed by atoms with Crippen molar-refractivity contribution in [1.29, 1.82) is 0 Å². The number of nitrogens with zero attached hydrogens (tertiary/aromatic N) is 1. The molecule has 0 bridgehead atoms. The summed E-state index contributed by atoms with van der Waals surface area (Å²) in [7, 11) is 0. The van der Waals surface area contributed by atoms with E-state index in [0.717, 1.165) is 25.9 Å². The minimum atomic E-state index is -0.453. The van der Waals surface area contributed by atoms with Crippen LogP contribution in [0.1, 0.15) is 69.7 Å². The molecule has 2 aliphatic heterocycles. The molecule has 0 N–H and O–H groups in total. The highest BCUT2D eigenvalue weighted by atomic mass is 32.1. The molecule has 4 nitrogen and oxygen atoms in total. The average Bonchev–Trinajstić information content (AvgIpc) is 2.90. The van der Waals surface area contributed by atoms with E-state index in [2.05, 4.69) is 19.9 Å². The molecule has 25 heavy (non-hydrogen) atoms. The van der Waals surface area contributed by atoms with Crippen molar-refractivity contribution in [2.45, 2.75) is 85.0 Å². The molecule has 2 aliphatic rings. The van der Waals surface area contributed by atoms with E-state index in [4.69, 9.17) is 9.47 Å². The van der Waals surface area contributed by atoms with Gasteiger partial charge in [0.2, 0.25) is 0 Å². The molecule has 2 atom stereocenters. The van der Waals surface area contributed by atoms with Gasteiger partial charge in [0.05, 0.1) is 6.61 Å². The second-order valence-electron chi connectivity index (χ2n) is 7.78. The van der Waals surface area contributed by atoms with Crippen LogP contribution in [0, 0.1) is 6.92 Å². The second kappa shape index (κ2) is 7.67. The van der Waals surface area contributed by atoms with Crippen molar-refractivity contribution in [1.82, 2.24) is 4.90 Å². The predicted octanol–water partition coefficient (Wildman–Crippen LogP) is 5.27. The number of fused-ring (bicyclic) bond motifs is 2. The van der Waals surface area contributed by atoms with Gasteiger partial charge in [0.25, 0.3) is 0 Å². The number of ether oxygens (including phenoxy) is 2. The minimum Gasteiger partial charge on any atom is -0.444 e. The van der Waals surface area contributed by atoms with Gasteiger partial charge in [0.15, 0.2) is 0 Å². The van der Waals surface area contributed by atoms with Crippen molar-refractivity contribution < 1.29 is 14.3 Å². The van der Waals surface area contributed by atoms with Crippen LogP contribution in [-0.2, 0) is 21.5 Å². The third-order valence-corrected chi connectivity index (χ3v) is 5.92. The summed E-state index contributed by atoms with van der Waals surface area (Å²) in [5, 5.41) is 0. The highest BCUT2D eigenvalue weighted by Crippen LogP contribution is 2.46. The van der Waals surface area contributed by atoms with E-state index in [0.29, 0.717) is 6.54 Å². The van der Waals surface area contributed by atoms with Gasteiger partial charge >= 0.3 is 6.09 Å². The number of aryl methyl sites for hydroxylation is 1. The summed E-state index contributed by atoms with van der Waals surface area (Å²) in [5.41, 5.74) is 0.784. The fourth-order valence-corrected chi connectivity index (χ4v) is 4.95. The summed E-state index contributed by atoms with van der Waals surface area (Å²) in [5.74, 6) is 0. The van der Waals surface area contributed by atoms with Crippen LogP contribution >= 0.6 is 11.3 Å². The Balaban J connectivity index is 0.00000109. The molecule has 3 heterocycles. The monoisotopic (exact) mass is 367 g/mol. The quantitative estimate of drug-likeness (QED) is 0.627. The molecule has 0 aromatic carbocycles. The number of rotatable bonds is 0. The van der Waals surface area contributed by atoms with Crippen molar-refractivity contribution in [2.75, 3.05) is 13.2 Å². The maximum atomic E-state index is 12.4. The lowest BCUT2D eigenvalue weighted by molar-refractivity contribution is -0.108. The molecular formula is C20H33NO3S. The molecule has 0 aliphatic carbocycles. The molecular weight excluding hydrogens is 334 g/mol. The van der Waals surface area contributed by atoms with E-state index in [1.807, 2.05) is 50.9 Å². The molecule has 1 fully saturated rings. The number of hydrogen-bond donors (Lipinski definition) is 0. The predicted molar refractivity (Wildman–Crippen MR) is 103 cm³/mol. The third kappa shape index (κ3) is 4.37. The van der Waals surface area contributed by atoms with Gasteiger partial charge in [-0.05, 0) is 59.1 Å². The first-order valence-corrected chi connectivity index (χ1v) is 10.3. The Morgan fingerprint density at radius 2 is 2.08 bits per heavy atom. The van der Waals surface area contributed by atoms with Crippen LogP contribution in [0.15, 0.2) is 6.07 Å². The van der Waals surface area contributed by atoms with Gasteiger partial charge in [-0.15, -0.1) is 11.3 Å².